The van der Waals surface area contributed by atoms with Gasteiger partial charge in [-0.2, -0.15) is 0 Å². The summed E-state index contributed by atoms with van der Waals surface area (Å²) in [6.07, 6.45) is 0. The number of hydrogen-bond acceptors (Lipinski definition) is 6. The zero-order chi connectivity index (χ0) is 10.8. The van der Waals surface area contributed by atoms with Crippen molar-refractivity contribution in [2.45, 2.75) is 37.8 Å². The number of rotatable bonds is 0. The Balaban J connectivity index is 2.44. The predicted octanol–water partition coefficient (Wildman–Crippen LogP) is 0.390. The van der Waals surface area contributed by atoms with Gasteiger partial charge in [-0.3, -0.25) is 13.6 Å². The van der Waals surface area contributed by atoms with Crippen LogP contribution in [0.15, 0.2) is 0 Å². The third-order valence-corrected chi connectivity index (χ3v) is 4.60. The first-order chi connectivity index (χ1) is 6.12. The summed E-state index contributed by atoms with van der Waals surface area (Å²) < 4.78 is 26.0. The fraction of sp³-hybridized carbons (Fsp3) is 1.00. The van der Waals surface area contributed by atoms with Crippen LogP contribution in [-0.2, 0) is 18.1 Å². The summed E-state index contributed by atoms with van der Waals surface area (Å²) in [7, 11) is -3.53. The van der Waals surface area contributed by atoms with E-state index in [4.69, 9.17) is 13.6 Å². The molecule has 0 radical (unpaired) electrons. The molecule has 0 amide bonds. The van der Waals surface area contributed by atoms with Crippen LogP contribution >= 0.6 is 7.82 Å². The molecule has 3 saturated heterocycles. The highest BCUT2D eigenvalue weighted by atomic mass is 31.2. The maximum absolute atomic E-state index is 11.4. The Morgan fingerprint density at radius 3 is 2.21 bits per heavy atom. The van der Waals surface area contributed by atoms with Crippen molar-refractivity contribution in [3.63, 3.8) is 0 Å². The average Bonchev–Trinajstić information content (AvgIpc) is 2.03. The first-order valence-electron chi connectivity index (χ1n) is 4.23. The lowest BCUT2D eigenvalue weighted by molar-refractivity contribution is -0.315. The Bertz CT molecular complexity index is 312. The molecule has 3 aliphatic heterocycles. The van der Waals surface area contributed by atoms with Gasteiger partial charge in [-0.1, -0.05) is 0 Å². The molecule has 2 unspecified atom stereocenters. The van der Waals surface area contributed by atoms with Crippen LogP contribution in [0.3, 0.4) is 0 Å². The van der Waals surface area contributed by atoms with E-state index in [1.807, 2.05) is 0 Å². The van der Waals surface area contributed by atoms with E-state index in [1.165, 1.54) is 20.8 Å². The predicted molar refractivity (Wildman–Crippen MR) is 45.4 cm³/mol. The van der Waals surface area contributed by atoms with Gasteiger partial charge in [-0.05, 0) is 20.8 Å². The second-order valence-corrected chi connectivity index (χ2v) is 5.71. The summed E-state index contributed by atoms with van der Waals surface area (Å²) in [5.74, 6) is -1.48. The highest BCUT2D eigenvalue weighted by Crippen LogP contribution is 2.71. The van der Waals surface area contributed by atoms with Gasteiger partial charge in [0.1, 0.15) is 11.2 Å². The number of hydrogen-bond donors (Lipinski definition) is 2. The first-order valence-corrected chi connectivity index (χ1v) is 5.69. The summed E-state index contributed by atoms with van der Waals surface area (Å²) in [6, 6.07) is 0. The minimum atomic E-state index is -3.53. The third-order valence-electron chi connectivity index (χ3n) is 3.01. The molecule has 0 aromatic heterocycles. The summed E-state index contributed by atoms with van der Waals surface area (Å²) in [5, 5.41) is 20.0. The van der Waals surface area contributed by atoms with Gasteiger partial charge in [0.2, 0.25) is 5.79 Å². The summed E-state index contributed by atoms with van der Waals surface area (Å²) >= 11 is 0. The second-order valence-electron chi connectivity index (χ2n) is 4.19. The fourth-order valence-electron chi connectivity index (χ4n) is 1.50. The van der Waals surface area contributed by atoms with Crippen LogP contribution in [0, 0.1) is 0 Å². The van der Waals surface area contributed by atoms with Crippen LogP contribution in [0.2, 0.25) is 0 Å². The van der Waals surface area contributed by atoms with Crippen molar-refractivity contribution in [1.82, 2.24) is 0 Å². The van der Waals surface area contributed by atoms with Crippen LogP contribution in [0.25, 0.3) is 0 Å². The number of fused-ring (bicyclic) bond motifs is 3. The van der Waals surface area contributed by atoms with E-state index < -0.39 is 24.8 Å². The molecule has 3 rings (SSSR count). The van der Waals surface area contributed by atoms with Crippen LogP contribution in [0.1, 0.15) is 20.8 Å². The molecule has 0 aromatic carbocycles. The molecule has 3 fully saturated rings. The molecule has 0 saturated carbocycles. The monoisotopic (exact) mass is 224 g/mol. The molecule has 6 nitrogen and oxygen atoms in total. The summed E-state index contributed by atoms with van der Waals surface area (Å²) in [5.41, 5.74) is -3.27. The molecule has 0 aliphatic carbocycles. The lowest BCUT2D eigenvalue weighted by Crippen LogP contribution is -2.67. The van der Waals surface area contributed by atoms with E-state index in [1.54, 1.807) is 0 Å². The lowest BCUT2D eigenvalue weighted by atomic mass is 9.80. The Kier molecular flexibility index (Phi) is 1.81. The van der Waals surface area contributed by atoms with Gasteiger partial charge in [-0.25, -0.2) is 4.57 Å². The standard InChI is InChI=1S/C7H13O6P/c1-5(8)4-11-14(10)12-7(3,13-14)6(5,2)9/h8-9H,4H2,1-3H3. The minimum absolute atomic E-state index is 0.299. The number of phosphoric acid groups is 1. The molecule has 0 aromatic rings. The fourth-order valence-corrected chi connectivity index (χ4v) is 3.24. The molecule has 3 aliphatic rings. The van der Waals surface area contributed by atoms with E-state index in [2.05, 4.69) is 0 Å². The zero-order valence-electron chi connectivity index (χ0n) is 8.18. The first kappa shape index (κ1) is 10.5. The van der Waals surface area contributed by atoms with Crippen molar-refractivity contribution in [2.75, 3.05) is 6.61 Å². The van der Waals surface area contributed by atoms with Crippen molar-refractivity contribution in [1.29, 1.82) is 0 Å². The SMILES string of the molecule is CC1(O)COP2(=O)OC(C)(O2)C1(C)O. The molecular weight excluding hydrogens is 211 g/mol. The van der Waals surface area contributed by atoms with Crippen molar-refractivity contribution >= 4 is 7.82 Å². The van der Waals surface area contributed by atoms with Gasteiger partial charge in [-0.15, -0.1) is 0 Å². The highest BCUT2D eigenvalue weighted by molar-refractivity contribution is 7.49. The van der Waals surface area contributed by atoms with Crippen molar-refractivity contribution < 1.29 is 28.3 Å². The number of aliphatic hydroxyl groups is 2. The smallest absolute Gasteiger partial charge is 0.385 e. The highest BCUT2D eigenvalue weighted by Gasteiger charge is 2.71. The molecule has 14 heavy (non-hydrogen) atoms. The van der Waals surface area contributed by atoms with E-state index >= 15 is 0 Å². The molecule has 3 heterocycles. The van der Waals surface area contributed by atoms with Gasteiger partial charge in [0.15, 0.2) is 0 Å². The van der Waals surface area contributed by atoms with Crippen molar-refractivity contribution in [3.05, 3.63) is 0 Å². The maximum Gasteiger partial charge on any atom is 0.480 e. The van der Waals surface area contributed by atoms with Crippen LogP contribution in [0.4, 0.5) is 0 Å². The lowest BCUT2D eigenvalue weighted by Gasteiger charge is -2.50. The van der Waals surface area contributed by atoms with Gasteiger partial charge in [0.05, 0.1) is 6.61 Å². The summed E-state index contributed by atoms with van der Waals surface area (Å²) in [4.78, 5) is 0. The number of phosphoric ester groups is 1. The van der Waals surface area contributed by atoms with Gasteiger partial charge < -0.3 is 10.2 Å². The quantitative estimate of drug-likeness (QED) is 0.579. The summed E-state index contributed by atoms with van der Waals surface area (Å²) in [6.45, 7) is 3.84. The van der Waals surface area contributed by atoms with Crippen LogP contribution < -0.4 is 0 Å². The normalized spacial score (nSPS) is 62.9. The molecular formula is C7H13O6P. The van der Waals surface area contributed by atoms with Gasteiger partial charge in [0, 0.05) is 0 Å². The largest absolute Gasteiger partial charge is 0.480 e. The zero-order valence-corrected chi connectivity index (χ0v) is 9.08. The average molecular weight is 224 g/mol. The van der Waals surface area contributed by atoms with Crippen molar-refractivity contribution in [3.8, 4) is 0 Å². The van der Waals surface area contributed by atoms with E-state index in [0.717, 1.165) is 0 Å². The van der Waals surface area contributed by atoms with Gasteiger partial charge >= 0.3 is 7.82 Å². The molecule has 82 valence electrons. The van der Waals surface area contributed by atoms with Crippen LogP contribution in [-0.4, -0.2) is 33.8 Å². The molecule has 0 spiro atoms. The Labute approximate surface area is 81.4 Å². The second kappa shape index (κ2) is 2.40. The molecule has 2 bridgehead atoms. The van der Waals surface area contributed by atoms with Crippen molar-refractivity contribution in [2.24, 2.45) is 0 Å². The minimum Gasteiger partial charge on any atom is -0.385 e. The Hall–Kier alpha value is 0.0300. The van der Waals surface area contributed by atoms with E-state index in [0.29, 0.717) is 0 Å². The third kappa shape index (κ3) is 1.07. The van der Waals surface area contributed by atoms with E-state index in [9.17, 15) is 14.8 Å². The molecule has 2 N–H and O–H groups in total. The maximum atomic E-state index is 11.4. The molecule has 7 heteroatoms. The van der Waals surface area contributed by atoms with Gasteiger partial charge in [0.25, 0.3) is 0 Å². The molecule has 2 atom stereocenters. The Morgan fingerprint density at radius 1 is 1.21 bits per heavy atom. The van der Waals surface area contributed by atoms with Crippen LogP contribution in [0.5, 0.6) is 0 Å². The topological polar surface area (TPSA) is 85.2 Å². The van der Waals surface area contributed by atoms with E-state index in [-0.39, 0.29) is 6.61 Å². The Morgan fingerprint density at radius 2 is 1.71 bits per heavy atom.